The van der Waals surface area contributed by atoms with Crippen LogP contribution in [-0.4, -0.2) is 35.8 Å². The van der Waals surface area contributed by atoms with Crippen molar-refractivity contribution < 1.29 is 9.59 Å². The maximum atomic E-state index is 12.7. The minimum Gasteiger partial charge on any atom is -0.339 e. The topological polar surface area (TPSA) is 75.4 Å². The summed E-state index contributed by atoms with van der Waals surface area (Å²) in [6.07, 6.45) is 6.58. The van der Waals surface area contributed by atoms with Crippen LogP contribution in [0.1, 0.15) is 48.9 Å². The summed E-state index contributed by atoms with van der Waals surface area (Å²) in [5, 5.41) is 3.34. The number of likely N-dealkylation sites (tertiary alicyclic amines) is 1. The molecule has 2 saturated carbocycles. The molecule has 3 fully saturated rings. The second kappa shape index (κ2) is 8.38. The van der Waals surface area contributed by atoms with Crippen LogP contribution >= 0.6 is 24.0 Å². The van der Waals surface area contributed by atoms with Gasteiger partial charge in [-0.1, -0.05) is 11.6 Å². The Labute approximate surface area is 171 Å². The summed E-state index contributed by atoms with van der Waals surface area (Å²) in [7, 11) is 0. The summed E-state index contributed by atoms with van der Waals surface area (Å²) in [6, 6.07) is 5.12. The molecule has 1 aromatic rings. The number of carbonyl (C=O) groups excluding carboxylic acids is 2. The number of amides is 2. The predicted octanol–water partition coefficient (Wildman–Crippen LogP) is 3.70. The number of rotatable bonds is 3. The Balaban J connectivity index is 0.00000210. The van der Waals surface area contributed by atoms with E-state index in [1.54, 1.807) is 18.2 Å². The van der Waals surface area contributed by atoms with E-state index < -0.39 is 0 Å². The highest BCUT2D eigenvalue weighted by Gasteiger charge is 2.49. The number of nitrogens with two attached hydrogens (primary N) is 1. The summed E-state index contributed by atoms with van der Waals surface area (Å²) >= 11 is 6.35. The van der Waals surface area contributed by atoms with Crippen LogP contribution in [0.4, 0.5) is 5.69 Å². The van der Waals surface area contributed by atoms with Crippen molar-refractivity contribution in [1.82, 2.24) is 4.90 Å². The van der Waals surface area contributed by atoms with E-state index in [9.17, 15) is 9.59 Å². The van der Waals surface area contributed by atoms with Gasteiger partial charge >= 0.3 is 0 Å². The number of carbonyl (C=O) groups is 2. The lowest BCUT2D eigenvalue weighted by molar-refractivity contribution is -0.121. The quantitative estimate of drug-likeness (QED) is 0.795. The SMILES string of the molecule is Cl.NC1C2CCC(C2)C1C(=O)Nc1ccc(C(=O)N2CCCCC2)c(Cl)c1. The molecule has 2 bridgehead atoms. The van der Waals surface area contributed by atoms with E-state index in [4.69, 9.17) is 17.3 Å². The fourth-order valence-electron chi connectivity index (χ4n) is 4.98. The van der Waals surface area contributed by atoms with Gasteiger partial charge in [0.05, 0.1) is 16.5 Å². The van der Waals surface area contributed by atoms with Gasteiger partial charge in [0.15, 0.2) is 0 Å². The molecule has 1 heterocycles. The van der Waals surface area contributed by atoms with Crippen LogP contribution < -0.4 is 11.1 Å². The van der Waals surface area contributed by atoms with Crippen molar-refractivity contribution in [2.45, 2.75) is 44.6 Å². The van der Waals surface area contributed by atoms with Crippen molar-refractivity contribution in [3.05, 3.63) is 28.8 Å². The van der Waals surface area contributed by atoms with Crippen LogP contribution in [0.5, 0.6) is 0 Å². The monoisotopic (exact) mass is 411 g/mol. The molecular formula is C20H27Cl2N3O2. The van der Waals surface area contributed by atoms with Gasteiger partial charge < -0.3 is 16.0 Å². The smallest absolute Gasteiger partial charge is 0.255 e. The summed E-state index contributed by atoms with van der Waals surface area (Å²) in [6.45, 7) is 1.57. The summed E-state index contributed by atoms with van der Waals surface area (Å²) < 4.78 is 0. The molecule has 0 spiro atoms. The molecule has 0 radical (unpaired) electrons. The third-order valence-corrected chi connectivity index (χ3v) is 6.71. The highest BCUT2D eigenvalue weighted by molar-refractivity contribution is 6.34. The average molecular weight is 412 g/mol. The Hall–Kier alpha value is -1.30. The Bertz CT molecular complexity index is 719. The maximum absolute atomic E-state index is 12.7. The third kappa shape index (κ3) is 3.96. The molecule has 27 heavy (non-hydrogen) atoms. The maximum Gasteiger partial charge on any atom is 0.255 e. The van der Waals surface area contributed by atoms with Gasteiger partial charge in [0.2, 0.25) is 5.91 Å². The fourth-order valence-corrected chi connectivity index (χ4v) is 5.25. The zero-order chi connectivity index (χ0) is 18.3. The fraction of sp³-hybridized carbons (Fsp3) is 0.600. The Morgan fingerprint density at radius 3 is 2.44 bits per heavy atom. The summed E-state index contributed by atoms with van der Waals surface area (Å²) in [4.78, 5) is 27.2. The zero-order valence-electron chi connectivity index (χ0n) is 15.3. The number of nitrogens with zero attached hydrogens (tertiary/aromatic N) is 1. The van der Waals surface area contributed by atoms with Crippen molar-refractivity contribution in [2.24, 2.45) is 23.5 Å². The van der Waals surface area contributed by atoms with E-state index in [1.165, 1.54) is 6.42 Å². The van der Waals surface area contributed by atoms with Crippen molar-refractivity contribution in [3.63, 3.8) is 0 Å². The van der Waals surface area contributed by atoms with Gasteiger partial charge in [0.25, 0.3) is 5.91 Å². The van der Waals surface area contributed by atoms with Gasteiger partial charge in [0.1, 0.15) is 0 Å². The first-order chi connectivity index (χ1) is 12.5. The summed E-state index contributed by atoms with van der Waals surface area (Å²) in [5.74, 6) is 0.745. The Morgan fingerprint density at radius 2 is 1.81 bits per heavy atom. The molecule has 5 nitrogen and oxygen atoms in total. The van der Waals surface area contributed by atoms with E-state index in [0.717, 1.165) is 45.2 Å². The number of anilines is 1. The number of halogens is 2. The number of benzene rings is 1. The van der Waals surface area contributed by atoms with Gasteiger partial charge in [0, 0.05) is 24.8 Å². The largest absolute Gasteiger partial charge is 0.339 e. The molecule has 2 amide bonds. The van der Waals surface area contributed by atoms with Crippen LogP contribution in [-0.2, 0) is 4.79 Å². The predicted molar refractivity (Wildman–Crippen MR) is 109 cm³/mol. The minimum atomic E-state index is -0.109. The lowest BCUT2D eigenvalue weighted by Gasteiger charge is -2.28. The molecule has 3 aliphatic rings. The number of fused-ring (bicyclic) bond motifs is 2. The zero-order valence-corrected chi connectivity index (χ0v) is 16.9. The van der Waals surface area contributed by atoms with Crippen molar-refractivity contribution in [3.8, 4) is 0 Å². The molecule has 7 heteroatoms. The first kappa shape index (κ1) is 20.4. The molecule has 2 aliphatic carbocycles. The average Bonchev–Trinajstić information content (AvgIpc) is 3.23. The van der Waals surface area contributed by atoms with Gasteiger partial charge in [-0.25, -0.2) is 0 Å². The second-order valence-corrected chi connectivity index (χ2v) is 8.38. The first-order valence-corrected chi connectivity index (χ1v) is 10.1. The van der Waals surface area contributed by atoms with Crippen molar-refractivity contribution >= 4 is 41.5 Å². The second-order valence-electron chi connectivity index (χ2n) is 7.97. The number of hydrogen-bond acceptors (Lipinski definition) is 3. The van der Waals surface area contributed by atoms with Gasteiger partial charge in [-0.15, -0.1) is 12.4 Å². The van der Waals surface area contributed by atoms with Gasteiger partial charge in [-0.3, -0.25) is 9.59 Å². The van der Waals surface area contributed by atoms with Crippen molar-refractivity contribution in [2.75, 3.05) is 18.4 Å². The number of piperidine rings is 1. The standard InChI is InChI=1S/C20H26ClN3O2.ClH/c21-16-11-14(6-7-15(16)20(26)24-8-2-1-3-9-24)23-19(25)17-12-4-5-13(10-12)18(17)22;/h6-7,11-13,17-18H,1-5,8-10,22H2,(H,23,25);1H. The lowest BCUT2D eigenvalue weighted by atomic mass is 9.84. The Kier molecular flexibility index (Phi) is 6.34. The third-order valence-electron chi connectivity index (χ3n) is 6.39. The lowest BCUT2D eigenvalue weighted by Crippen LogP contribution is -2.42. The highest BCUT2D eigenvalue weighted by Crippen LogP contribution is 2.48. The van der Waals surface area contributed by atoms with Gasteiger partial charge in [-0.2, -0.15) is 0 Å². The van der Waals surface area contributed by atoms with Crippen LogP contribution in [0.2, 0.25) is 5.02 Å². The van der Waals surface area contributed by atoms with Crippen molar-refractivity contribution in [1.29, 1.82) is 0 Å². The molecule has 1 aliphatic heterocycles. The van der Waals surface area contributed by atoms with E-state index in [2.05, 4.69) is 5.32 Å². The molecule has 1 saturated heterocycles. The van der Waals surface area contributed by atoms with Crippen LogP contribution in [0.3, 0.4) is 0 Å². The molecule has 4 rings (SSSR count). The molecule has 1 aromatic carbocycles. The molecular weight excluding hydrogens is 385 g/mol. The first-order valence-electron chi connectivity index (χ1n) is 9.70. The van der Waals surface area contributed by atoms with E-state index >= 15 is 0 Å². The number of nitrogens with one attached hydrogen (secondary N) is 1. The van der Waals surface area contributed by atoms with E-state index in [-0.39, 0.29) is 36.2 Å². The van der Waals surface area contributed by atoms with E-state index in [1.807, 2.05) is 4.90 Å². The normalized spacial score (nSPS) is 29.3. The van der Waals surface area contributed by atoms with E-state index in [0.29, 0.717) is 28.1 Å². The van der Waals surface area contributed by atoms with Crippen LogP contribution in [0.15, 0.2) is 18.2 Å². The molecule has 148 valence electrons. The van der Waals surface area contributed by atoms with Crippen LogP contribution in [0, 0.1) is 17.8 Å². The molecule has 0 aromatic heterocycles. The minimum absolute atomic E-state index is 0. The number of hydrogen-bond donors (Lipinski definition) is 2. The molecule has 3 N–H and O–H groups in total. The molecule has 4 atom stereocenters. The molecule has 4 unspecified atom stereocenters. The van der Waals surface area contributed by atoms with Crippen LogP contribution in [0.25, 0.3) is 0 Å². The highest BCUT2D eigenvalue weighted by atomic mass is 35.5. The Morgan fingerprint density at radius 1 is 1.11 bits per heavy atom. The summed E-state index contributed by atoms with van der Waals surface area (Å²) in [5.41, 5.74) is 7.39. The van der Waals surface area contributed by atoms with Gasteiger partial charge in [-0.05, 0) is 68.6 Å².